The van der Waals surface area contributed by atoms with Crippen molar-refractivity contribution in [3.8, 4) is 0 Å². The Morgan fingerprint density at radius 3 is 2.55 bits per heavy atom. The standard InChI is InChI=1S/C19H21NO2/c1-14-12-20(13-15(2)22-14)19(21)11-10-17-8-5-7-16-6-3-4-9-18(16)17/h3-11,14-15H,12-13H2,1-2H3/b11-10+/t14-,15-/m0/s1. The van der Waals surface area contributed by atoms with Gasteiger partial charge in [0.2, 0.25) is 5.91 Å². The van der Waals surface area contributed by atoms with Crippen LogP contribution in [0.2, 0.25) is 0 Å². The Balaban J connectivity index is 1.79. The number of rotatable bonds is 2. The molecule has 0 saturated carbocycles. The third-order valence-electron chi connectivity index (χ3n) is 3.96. The van der Waals surface area contributed by atoms with Crippen LogP contribution in [0.3, 0.4) is 0 Å². The third kappa shape index (κ3) is 3.20. The maximum atomic E-state index is 12.4. The predicted molar refractivity (Wildman–Crippen MR) is 89.6 cm³/mol. The summed E-state index contributed by atoms with van der Waals surface area (Å²) in [6.45, 7) is 5.32. The molecule has 1 heterocycles. The van der Waals surface area contributed by atoms with Crippen LogP contribution < -0.4 is 0 Å². The molecule has 2 aromatic rings. The molecule has 0 radical (unpaired) electrons. The Kier molecular flexibility index (Phi) is 4.25. The number of carbonyl (C=O) groups is 1. The van der Waals surface area contributed by atoms with E-state index in [9.17, 15) is 4.79 Å². The van der Waals surface area contributed by atoms with Gasteiger partial charge in [-0.05, 0) is 36.3 Å². The molecule has 1 aliphatic heterocycles. The lowest BCUT2D eigenvalue weighted by Gasteiger charge is -2.34. The maximum absolute atomic E-state index is 12.4. The smallest absolute Gasteiger partial charge is 0.246 e. The Labute approximate surface area is 131 Å². The van der Waals surface area contributed by atoms with Crippen molar-refractivity contribution in [2.24, 2.45) is 0 Å². The fourth-order valence-electron chi connectivity index (χ4n) is 3.02. The van der Waals surface area contributed by atoms with E-state index in [1.807, 2.05) is 49.1 Å². The molecule has 114 valence electrons. The Hall–Kier alpha value is -2.13. The average Bonchev–Trinajstić information content (AvgIpc) is 2.51. The highest BCUT2D eigenvalue weighted by Gasteiger charge is 2.24. The Morgan fingerprint density at radius 2 is 1.77 bits per heavy atom. The summed E-state index contributed by atoms with van der Waals surface area (Å²) in [5, 5.41) is 2.35. The van der Waals surface area contributed by atoms with Gasteiger partial charge in [-0.3, -0.25) is 4.79 Å². The van der Waals surface area contributed by atoms with E-state index in [-0.39, 0.29) is 18.1 Å². The highest BCUT2D eigenvalue weighted by Crippen LogP contribution is 2.20. The van der Waals surface area contributed by atoms with Gasteiger partial charge >= 0.3 is 0 Å². The van der Waals surface area contributed by atoms with E-state index >= 15 is 0 Å². The van der Waals surface area contributed by atoms with Crippen LogP contribution in [-0.4, -0.2) is 36.1 Å². The van der Waals surface area contributed by atoms with Gasteiger partial charge in [0.05, 0.1) is 12.2 Å². The molecule has 3 nitrogen and oxygen atoms in total. The van der Waals surface area contributed by atoms with Gasteiger partial charge in [-0.2, -0.15) is 0 Å². The molecule has 0 aromatic heterocycles. The normalized spacial score (nSPS) is 22.4. The van der Waals surface area contributed by atoms with E-state index in [1.54, 1.807) is 6.08 Å². The van der Waals surface area contributed by atoms with E-state index in [0.717, 1.165) is 10.9 Å². The average molecular weight is 295 g/mol. The topological polar surface area (TPSA) is 29.5 Å². The lowest BCUT2D eigenvalue weighted by molar-refractivity contribution is -0.137. The molecule has 22 heavy (non-hydrogen) atoms. The first-order valence-corrected chi connectivity index (χ1v) is 7.73. The van der Waals surface area contributed by atoms with Crippen LogP contribution in [0.5, 0.6) is 0 Å². The van der Waals surface area contributed by atoms with Crippen LogP contribution >= 0.6 is 0 Å². The van der Waals surface area contributed by atoms with E-state index in [4.69, 9.17) is 4.74 Å². The van der Waals surface area contributed by atoms with Gasteiger partial charge in [0.25, 0.3) is 0 Å². The molecule has 2 atom stereocenters. The second kappa shape index (κ2) is 6.32. The van der Waals surface area contributed by atoms with Gasteiger partial charge in [0.15, 0.2) is 0 Å². The summed E-state index contributed by atoms with van der Waals surface area (Å²) in [6.07, 6.45) is 3.78. The zero-order valence-corrected chi connectivity index (χ0v) is 13.0. The van der Waals surface area contributed by atoms with Crippen molar-refractivity contribution in [2.45, 2.75) is 26.1 Å². The van der Waals surface area contributed by atoms with Gasteiger partial charge in [-0.25, -0.2) is 0 Å². The molecule has 0 bridgehead atoms. The van der Waals surface area contributed by atoms with Crippen molar-refractivity contribution < 1.29 is 9.53 Å². The minimum absolute atomic E-state index is 0.0509. The van der Waals surface area contributed by atoms with Crippen molar-refractivity contribution in [3.63, 3.8) is 0 Å². The molecule has 1 aliphatic rings. The number of fused-ring (bicyclic) bond motifs is 1. The monoisotopic (exact) mass is 295 g/mol. The minimum atomic E-state index is 0.0509. The molecule has 1 fully saturated rings. The first-order chi connectivity index (χ1) is 10.6. The fraction of sp³-hybridized carbons (Fsp3) is 0.316. The zero-order valence-electron chi connectivity index (χ0n) is 13.0. The number of benzene rings is 2. The minimum Gasteiger partial charge on any atom is -0.372 e. The van der Waals surface area contributed by atoms with Crippen LogP contribution in [0.4, 0.5) is 0 Å². The largest absolute Gasteiger partial charge is 0.372 e. The highest BCUT2D eigenvalue weighted by atomic mass is 16.5. The van der Waals surface area contributed by atoms with Crippen molar-refractivity contribution in [1.82, 2.24) is 4.90 Å². The van der Waals surface area contributed by atoms with Crippen molar-refractivity contribution in [1.29, 1.82) is 0 Å². The van der Waals surface area contributed by atoms with Crippen LogP contribution in [0, 0.1) is 0 Å². The second-order valence-electron chi connectivity index (χ2n) is 5.90. The SMILES string of the molecule is C[C@H]1CN(C(=O)/C=C/c2cccc3ccccc23)C[C@H](C)O1. The highest BCUT2D eigenvalue weighted by molar-refractivity contribution is 5.96. The van der Waals surface area contributed by atoms with Gasteiger partial charge in [-0.15, -0.1) is 0 Å². The number of ether oxygens (including phenoxy) is 1. The first kappa shape index (κ1) is 14.8. The quantitative estimate of drug-likeness (QED) is 0.794. The van der Waals surface area contributed by atoms with Gasteiger partial charge < -0.3 is 9.64 Å². The predicted octanol–water partition coefficient (Wildman–Crippen LogP) is 3.49. The van der Waals surface area contributed by atoms with Crippen LogP contribution in [0.15, 0.2) is 48.5 Å². The van der Waals surface area contributed by atoms with Crippen LogP contribution in [0.1, 0.15) is 19.4 Å². The second-order valence-corrected chi connectivity index (χ2v) is 5.90. The zero-order chi connectivity index (χ0) is 15.5. The number of amides is 1. The summed E-state index contributed by atoms with van der Waals surface area (Å²) in [5.74, 6) is 0.0509. The van der Waals surface area contributed by atoms with Gasteiger partial charge in [-0.1, -0.05) is 42.5 Å². The maximum Gasteiger partial charge on any atom is 0.246 e. The van der Waals surface area contributed by atoms with Crippen molar-refractivity contribution in [2.75, 3.05) is 13.1 Å². The number of hydrogen-bond acceptors (Lipinski definition) is 2. The summed E-state index contributed by atoms with van der Waals surface area (Å²) < 4.78 is 5.67. The molecule has 1 saturated heterocycles. The number of morpholine rings is 1. The third-order valence-corrected chi connectivity index (χ3v) is 3.96. The number of hydrogen-bond donors (Lipinski definition) is 0. The summed E-state index contributed by atoms with van der Waals surface area (Å²) in [7, 11) is 0. The molecule has 2 aromatic carbocycles. The molecule has 0 N–H and O–H groups in total. The summed E-state index contributed by atoms with van der Waals surface area (Å²) in [6, 6.07) is 14.4. The van der Waals surface area contributed by atoms with Crippen LogP contribution in [0.25, 0.3) is 16.8 Å². The van der Waals surface area contributed by atoms with Gasteiger partial charge in [0.1, 0.15) is 0 Å². The van der Waals surface area contributed by atoms with Crippen LogP contribution in [-0.2, 0) is 9.53 Å². The molecule has 3 rings (SSSR count). The van der Waals surface area contributed by atoms with Crippen molar-refractivity contribution in [3.05, 3.63) is 54.1 Å². The Bertz CT molecular complexity index is 692. The van der Waals surface area contributed by atoms with E-state index in [2.05, 4.69) is 18.2 Å². The van der Waals surface area contributed by atoms with E-state index in [0.29, 0.717) is 13.1 Å². The summed E-state index contributed by atoms with van der Waals surface area (Å²) >= 11 is 0. The molecule has 3 heteroatoms. The summed E-state index contributed by atoms with van der Waals surface area (Å²) in [4.78, 5) is 14.2. The molecule has 0 spiro atoms. The summed E-state index contributed by atoms with van der Waals surface area (Å²) in [5.41, 5.74) is 1.07. The fourth-order valence-corrected chi connectivity index (χ4v) is 3.02. The molecule has 0 unspecified atom stereocenters. The van der Waals surface area contributed by atoms with E-state index < -0.39 is 0 Å². The van der Waals surface area contributed by atoms with Gasteiger partial charge in [0, 0.05) is 19.2 Å². The first-order valence-electron chi connectivity index (χ1n) is 7.73. The number of nitrogens with zero attached hydrogens (tertiary/aromatic N) is 1. The molecular weight excluding hydrogens is 274 g/mol. The Morgan fingerprint density at radius 1 is 1.09 bits per heavy atom. The lowest BCUT2D eigenvalue weighted by Crippen LogP contribution is -2.47. The molecule has 0 aliphatic carbocycles. The van der Waals surface area contributed by atoms with E-state index in [1.165, 1.54) is 5.39 Å². The van der Waals surface area contributed by atoms with Crippen molar-refractivity contribution >= 4 is 22.8 Å². The molecular formula is C19H21NO2. The number of carbonyl (C=O) groups excluding carboxylic acids is 1. The lowest BCUT2D eigenvalue weighted by atomic mass is 10.0. The molecule has 1 amide bonds.